The van der Waals surface area contributed by atoms with Crippen molar-refractivity contribution in [2.45, 2.75) is 26.2 Å². The molecule has 1 heterocycles. The molecule has 0 bridgehead atoms. The second kappa shape index (κ2) is 22.8. The van der Waals surface area contributed by atoms with Crippen LogP contribution in [0.2, 0.25) is 30.1 Å². The van der Waals surface area contributed by atoms with Gasteiger partial charge in [-0.2, -0.15) is 0 Å². The van der Waals surface area contributed by atoms with Crippen molar-refractivity contribution in [3.8, 4) is 17.2 Å². The van der Waals surface area contributed by atoms with Crippen LogP contribution in [0.1, 0.15) is 22.5 Å². The van der Waals surface area contributed by atoms with Gasteiger partial charge in [-0.15, -0.1) is 0 Å². The average Bonchev–Trinajstić information content (AvgIpc) is 3.72. The minimum absolute atomic E-state index is 0.0208. The van der Waals surface area contributed by atoms with Gasteiger partial charge in [-0.05, 0) is 65.2 Å². The smallest absolute Gasteiger partial charge is 0.275 e. The minimum Gasteiger partial charge on any atom is -0.491 e. The van der Waals surface area contributed by atoms with Gasteiger partial charge < -0.3 is 40.9 Å². The van der Waals surface area contributed by atoms with E-state index in [2.05, 4.69) is 35.4 Å². The van der Waals surface area contributed by atoms with Crippen LogP contribution in [0.3, 0.4) is 0 Å². The molecule has 21 heteroatoms. The Morgan fingerprint density at radius 3 is 1.34 bits per heavy atom. The average molecular weight is 1010 g/mol. The Bertz CT molecular complexity index is 3120. The number of imidazole rings is 1. The topological polar surface area (TPSA) is 221 Å². The lowest BCUT2D eigenvalue weighted by molar-refractivity contribution is 0.339. The zero-order valence-corrected chi connectivity index (χ0v) is 38.8. The molecule has 8 rings (SSSR count). The monoisotopic (exact) mass is 1000 g/mol. The maximum atomic E-state index is 11.9. The number of anilines is 3. The first-order chi connectivity index (χ1) is 31.0. The van der Waals surface area contributed by atoms with Gasteiger partial charge in [-0.3, -0.25) is 28.8 Å². The van der Waals surface area contributed by atoms with Crippen LogP contribution in [0.4, 0.5) is 17.1 Å². The van der Waals surface area contributed by atoms with E-state index >= 15 is 0 Å². The van der Waals surface area contributed by atoms with Crippen molar-refractivity contribution < 1.29 is 14.2 Å². The SMILES string of the molecule is COc1c(NCc2ccc(Cl)cc2Cl)c(=O)c1=O.COc1c(OC)c(=O)c1=O.NCc1ccc(Cl)cc1Cl.O=c1c(NCc2nc3ccccc3[nH]2)c(NCc2ccc(Cl)cc2Cl)c1=O. The molecule has 6 N–H and O–H groups in total. The molecule has 0 radical (unpaired) electrons. The van der Waals surface area contributed by atoms with E-state index < -0.39 is 32.6 Å². The largest absolute Gasteiger partial charge is 0.491 e. The van der Waals surface area contributed by atoms with E-state index in [1.54, 1.807) is 48.5 Å². The van der Waals surface area contributed by atoms with Crippen LogP contribution in [0.25, 0.3) is 11.0 Å². The number of H-pyrrole nitrogens is 1. The summed E-state index contributed by atoms with van der Waals surface area (Å²) in [6.07, 6.45) is 0. The first kappa shape index (κ1) is 50.1. The molecule has 0 aliphatic heterocycles. The number of hydrogen-bond acceptors (Lipinski definition) is 14. The summed E-state index contributed by atoms with van der Waals surface area (Å²) in [5.74, 6) is 0.779. The van der Waals surface area contributed by atoms with E-state index in [4.69, 9.17) is 80.1 Å². The Labute approximate surface area is 399 Å². The molecule has 338 valence electrons. The van der Waals surface area contributed by atoms with E-state index in [1.165, 1.54) is 21.3 Å². The molecule has 0 unspecified atom stereocenters. The fourth-order valence-electron chi connectivity index (χ4n) is 5.82. The number of methoxy groups -OCH3 is 3. The van der Waals surface area contributed by atoms with E-state index in [1.807, 2.05) is 30.3 Å². The summed E-state index contributed by atoms with van der Waals surface area (Å²) in [5, 5.41) is 12.1. The number of aromatic nitrogens is 2. The fourth-order valence-corrected chi connectivity index (χ4v) is 7.26. The molecular formula is C44H36Cl6N6O9. The summed E-state index contributed by atoms with van der Waals surface area (Å²) >= 11 is 35.2. The number of nitrogens with two attached hydrogens (primary N) is 1. The van der Waals surface area contributed by atoms with Gasteiger partial charge in [0, 0.05) is 49.8 Å². The van der Waals surface area contributed by atoms with Crippen LogP contribution in [0, 0.1) is 0 Å². The molecule has 1 aromatic heterocycles. The number of hydrogen-bond donors (Lipinski definition) is 5. The molecule has 0 saturated carbocycles. The summed E-state index contributed by atoms with van der Waals surface area (Å²) in [6.45, 7) is 1.38. The highest BCUT2D eigenvalue weighted by Crippen LogP contribution is 2.26. The maximum Gasteiger partial charge on any atom is 0.275 e. The summed E-state index contributed by atoms with van der Waals surface area (Å²) in [4.78, 5) is 74.9. The van der Waals surface area contributed by atoms with Crippen molar-refractivity contribution in [2.24, 2.45) is 5.73 Å². The normalized spacial score (nSPS) is 10.6. The van der Waals surface area contributed by atoms with Crippen LogP contribution >= 0.6 is 69.6 Å². The number of nitrogens with one attached hydrogen (secondary N) is 4. The Balaban J connectivity index is 0.000000179. The van der Waals surface area contributed by atoms with Crippen LogP contribution < -0.4 is 68.5 Å². The van der Waals surface area contributed by atoms with Gasteiger partial charge in [0.1, 0.15) is 22.9 Å². The number of nitrogens with zero attached hydrogens (tertiary/aromatic N) is 1. The molecule has 0 amide bonds. The third kappa shape index (κ3) is 12.1. The molecule has 7 aromatic carbocycles. The van der Waals surface area contributed by atoms with Crippen molar-refractivity contribution in [2.75, 3.05) is 37.3 Å². The third-order valence-corrected chi connectivity index (χ3v) is 11.0. The maximum absolute atomic E-state index is 11.9. The second-order valence-corrected chi connectivity index (χ2v) is 15.9. The number of benzene rings is 4. The summed E-state index contributed by atoms with van der Waals surface area (Å²) in [6, 6.07) is 23.1. The van der Waals surface area contributed by atoms with Crippen molar-refractivity contribution in [3.05, 3.63) is 193 Å². The standard InChI is InChI=1S/C19H14Cl2N4O2.C12H9Cl2NO3.C7H7Cl2N.C6H6O4/c20-11-6-5-10(12(21)7-11)8-22-16-17(19(27)18(16)26)23-9-15-24-13-3-1-2-4-14(13)25-15;1-18-12-9(10(16)11(12)17)15-5-6-2-3-7(13)4-8(6)14;8-6-2-1-5(4-10)7(9)3-6;1-9-5-3(7)4(8)6(5)10-2/h1-7,22-23H,8-9H2,(H,24,25);2-4,15H,5H2,1H3;1-3H,4,10H2;1-2H3. The molecule has 65 heavy (non-hydrogen) atoms. The number of fused-ring (bicyclic) bond motifs is 1. The molecule has 8 aromatic rings. The lowest BCUT2D eigenvalue weighted by Gasteiger charge is -2.15. The van der Waals surface area contributed by atoms with Crippen molar-refractivity contribution in [3.63, 3.8) is 0 Å². The number of rotatable bonds is 13. The number of halogens is 6. The Morgan fingerprint density at radius 1 is 0.508 bits per heavy atom. The van der Waals surface area contributed by atoms with E-state index in [-0.39, 0.29) is 34.3 Å². The van der Waals surface area contributed by atoms with Gasteiger partial charge in [-0.25, -0.2) is 4.98 Å². The first-order valence-electron chi connectivity index (χ1n) is 18.8. The van der Waals surface area contributed by atoms with Gasteiger partial charge in [0.15, 0.2) is 5.75 Å². The highest BCUT2D eigenvalue weighted by atomic mass is 35.5. The number of ether oxygens (including phenoxy) is 3. The van der Waals surface area contributed by atoms with Crippen molar-refractivity contribution >= 4 is 97.7 Å². The van der Waals surface area contributed by atoms with Gasteiger partial charge in [0.25, 0.3) is 32.6 Å². The molecule has 0 aliphatic carbocycles. The van der Waals surface area contributed by atoms with Crippen LogP contribution in [-0.2, 0) is 26.2 Å². The van der Waals surface area contributed by atoms with Crippen LogP contribution in [-0.4, -0.2) is 31.3 Å². The highest BCUT2D eigenvalue weighted by molar-refractivity contribution is 6.36. The van der Waals surface area contributed by atoms with Crippen molar-refractivity contribution in [1.82, 2.24) is 9.97 Å². The Kier molecular flexibility index (Phi) is 17.6. The highest BCUT2D eigenvalue weighted by Gasteiger charge is 2.23. The summed E-state index contributed by atoms with van der Waals surface area (Å²) in [7, 11) is 3.98. The predicted molar refractivity (Wildman–Crippen MR) is 259 cm³/mol. The van der Waals surface area contributed by atoms with E-state index in [0.717, 1.165) is 27.7 Å². The lowest BCUT2D eigenvalue weighted by atomic mass is 10.1. The van der Waals surface area contributed by atoms with E-state index in [9.17, 15) is 28.8 Å². The number of aromatic amines is 1. The molecule has 0 saturated heterocycles. The molecule has 0 atom stereocenters. The zero-order chi connectivity index (χ0) is 47.5. The van der Waals surface area contributed by atoms with Gasteiger partial charge in [0.2, 0.25) is 11.5 Å². The Morgan fingerprint density at radius 2 is 0.908 bits per heavy atom. The minimum atomic E-state index is -0.612. The van der Waals surface area contributed by atoms with Gasteiger partial charge in [-0.1, -0.05) is 99.9 Å². The summed E-state index contributed by atoms with van der Waals surface area (Å²) < 4.78 is 13.9. The van der Waals surface area contributed by atoms with Crippen LogP contribution in [0.15, 0.2) is 108 Å². The number of para-hydroxylation sites is 2. The molecule has 15 nitrogen and oxygen atoms in total. The molecule has 0 aliphatic rings. The molecular weight excluding hydrogens is 969 g/mol. The van der Waals surface area contributed by atoms with Gasteiger partial charge in [0.05, 0.1) is 38.9 Å². The van der Waals surface area contributed by atoms with Crippen molar-refractivity contribution in [1.29, 1.82) is 0 Å². The van der Waals surface area contributed by atoms with Crippen LogP contribution in [0.5, 0.6) is 17.2 Å². The second-order valence-electron chi connectivity index (χ2n) is 13.4. The quantitative estimate of drug-likeness (QED) is 0.0701. The molecule has 0 fully saturated rings. The lowest BCUT2D eigenvalue weighted by Crippen LogP contribution is -2.37. The first-order valence-corrected chi connectivity index (χ1v) is 21.1. The summed E-state index contributed by atoms with van der Waals surface area (Å²) in [5.41, 5.74) is 6.80. The molecule has 0 spiro atoms. The fraction of sp³-hybridized carbons (Fsp3) is 0.159. The van der Waals surface area contributed by atoms with Gasteiger partial charge >= 0.3 is 0 Å². The predicted octanol–water partition coefficient (Wildman–Crippen LogP) is 7.65. The zero-order valence-electron chi connectivity index (χ0n) is 34.3. The van der Waals surface area contributed by atoms with E-state index in [0.29, 0.717) is 62.1 Å². The Hall–Kier alpha value is -5.91. The third-order valence-electron chi connectivity index (χ3n) is 9.26.